The van der Waals surface area contributed by atoms with Crippen LogP contribution in [0.25, 0.3) is 0 Å². The summed E-state index contributed by atoms with van der Waals surface area (Å²) in [5.74, 6) is 0.851. The molecule has 88 valence electrons. The van der Waals surface area contributed by atoms with Gasteiger partial charge in [-0.15, -0.1) is 6.42 Å². The standard InChI is InChI=1S/C10H14N2O4/c1-2-3-11-5-9(14)12-6-7(13)4-8(12)10(15)16/h1,7-8,11,13H,3-6H2,(H,15,16)/t7-,8-/m1/s1. The highest BCUT2D eigenvalue weighted by Crippen LogP contribution is 2.17. The van der Waals surface area contributed by atoms with Gasteiger partial charge >= 0.3 is 5.97 Å². The van der Waals surface area contributed by atoms with E-state index in [1.165, 1.54) is 0 Å². The number of nitrogens with one attached hydrogen (secondary N) is 1. The first kappa shape index (κ1) is 12.5. The average Bonchev–Trinajstić information content (AvgIpc) is 2.61. The van der Waals surface area contributed by atoms with Gasteiger partial charge in [0.15, 0.2) is 0 Å². The lowest BCUT2D eigenvalue weighted by Gasteiger charge is -2.20. The molecule has 0 aromatic heterocycles. The largest absolute Gasteiger partial charge is 0.480 e. The summed E-state index contributed by atoms with van der Waals surface area (Å²) in [5, 5.41) is 20.9. The summed E-state index contributed by atoms with van der Waals surface area (Å²) >= 11 is 0. The van der Waals surface area contributed by atoms with Crippen LogP contribution in [0.15, 0.2) is 0 Å². The molecule has 6 heteroatoms. The quantitative estimate of drug-likeness (QED) is 0.391. The summed E-state index contributed by atoms with van der Waals surface area (Å²) < 4.78 is 0. The number of terminal acetylenes is 1. The zero-order chi connectivity index (χ0) is 12.1. The molecule has 1 amide bonds. The normalized spacial score (nSPS) is 24.1. The first-order valence-electron chi connectivity index (χ1n) is 4.90. The van der Waals surface area contributed by atoms with Crippen molar-refractivity contribution in [1.29, 1.82) is 0 Å². The van der Waals surface area contributed by atoms with E-state index in [2.05, 4.69) is 11.2 Å². The number of carboxylic acids is 1. The van der Waals surface area contributed by atoms with Crippen molar-refractivity contribution >= 4 is 11.9 Å². The van der Waals surface area contributed by atoms with Gasteiger partial charge in [-0.1, -0.05) is 5.92 Å². The van der Waals surface area contributed by atoms with Crippen molar-refractivity contribution in [2.75, 3.05) is 19.6 Å². The molecule has 1 heterocycles. The molecule has 6 nitrogen and oxygen atoms in total. The molecule has 0 saturated carbocycles. The molecule has 3 N–H and O–H groups in total. The van der Waals surface area contributed by atoms with Crippen molar-refractivity contribution in [2.45, 2.75) is 18.6 Å². The number of amides is 1. The Kier molecular flexibility index (Phi) is 4.28. The van der Waals surface area contributed by atoms with Crippen molar-refractivity contribution in [3.05, 3.63) is 0 Å². The van der Waals surface area contributed by atoms with Gasteiger partial charge in [-0.2, -0.15) is 0 Å². The van der Waals surface area contributed by atoms with Crippen LogP contribution in [0, 0.1) is 12.3 Å². The molecule has 0 aromatic carbocycles. The fourth-order valence-corrected chi connectivity index (χ4v) is 1.67. The minimum Gasteiger partial charge on any atom is -0.480 e. The topological polar surface area (TPSA) is 89.9 Å². The molecule has 0 aromatic rings. The van der Waals surface area contributed by atoms with E-state index in [4.69, 9.17) is 11.5 Å². The van der Waals surface area contributed by atoms with Crippen LogP contribution in [-0.4, -0.2) is 58.8 Å². The lowest BCUT2D eigenvalue weighted by molar-refractivity contribution is -0.147. The Hall–Kier alpha value is -1.58. The van der Waals surface area contributed by atoms with E-state index in [9.17, 15) is 14.7 Å². The van der Waals surface area contributed by atoms with Crippen LogP contribution >= 0.6 is 0 Å². The second-order valence-corrected chi connectivity index (χ2v) is 3.60. The van der Waals surface area contributed by atoms with E-state index in [0.717, 1.165) is 4.90 Å². The zero-order valence-corrected chi connectivity index (χ0v) is 8.72. The summed E-state index contributed by atoms with van der Waals surface area (Å²) in [7, 11) is 0. The molecule has 0 radical (unpaired) electrons. The molecular weight excluding hydrogens is 212 g/mol. The van der Waals surface area contributed by atoms with Crippen molar-refractivity contribution in [3.8, 4) is 12.3 Å². The highest BCUT2D eigenvalue weighted by atomic mass is 16.4. The highest BCUT2D eigenvalue weighted by Gasteiger charge is 2.38. The summed E-state index contributed by atoms with van der Waals surface area (Å²) in [6.45, 7) is 0.300. The SMILES string of the molecule is C#CCNCC(=O)N1C[C@H](O)C[C@@H]1C(=O)O. The summed E-state index contributed by atoms with van der Waals surface area (Å²) in [6.07, 6.45) is 4.31. The first-order chi connectivity index (χ1) is 7.56. The molecule has 1 fully saturated rings. The number of rotatable bonds is 4. The smallest absolute Gasteiger partial charge is 0.326 e. The maximum absolute atomic E-state index is 11.6. The number of likely N-dealkylation sites (tertiary alicyclic amines) is 1. The van der Waals surface area contributed by atoms with Gasteiger partial charge in [0.1, 0.15) is 6.04 Å². The molecule has 1 saturated heterocycles. The number of carbonyl (C=O) groups excluding carboxylic acids is 1. The fourth-order valence-electron chi connectivity index (χ4n) is 1.67. The number of hydrogen-bond acceptors (Lipinski definition) is 4. The van der Waals surface area contributed by atoms with Crippen LogP contribution in [0.3, 0.4) is 0 Å². The molecule has 0 aliphatic carbocycles. The number of hydrogen-bond donors (Lipinski definition) is 3. The predicted octanol–water partition coefficient (Wildman–Crippen LogP) is -1.74. The number of β-amino-alcohol motifs (C(OH)–C–C–N with tert-alkyl or cyclic N) is 1. The fraction of sp³-hybridized carbons (Fsp3) is 0.600. The summed E-state index contributed by atoms with van der Waals surface area (Å²) in [5.41, 5.74) is 0. The molecule has 0 unspecified atom stereocenters. The predicted molar refractivity (Wildman–Crippen MR) is 55.5 cm³/mol. The van der Waals surface area contributed by atoms with Gasteiger partial charge in [-0.3, -0.25) is 10.1 Å². The minimum absolute atomic E-state index is 0.0132. The minimum atomic E-state index is -1.10. The Morgan fingerprint density at radius 1 is 1.56 bits per heavy atom. The van der Waals surface area contributed by atoms with Gasteiger partial charge < -0.3 is 15.1 Å². The number of nitrogens with zero attached hydrogens (tertiary/aromatic N) is 1. The number of aliphatic carboxylic acids is 1. The lowest BCUT2D eigenvalue weighted by Crippen LogP contribution is -2.44. The van der Waals surface area contributed by atoms with Crippen LogP contribution in [0.5, 0.6) is 0 Å². The number of carbonyl (C=O) groups is 2. The van der Waals surface area contributed by atoms with Gasteiger partial charge in [0, 0.05) is 13.0 Å². The summed E-state index contributed by atoms with van der Waals surface area (Å²) in [4.78, 5) is 23.6. The van der Waals surface area contributed by atoms with E-state index in [-0.39, 0.29) is 32.0 Å². The van der Waals surface area contributed by atoms with Crippen LogP contribution in [0.4, 0.5) is 0 Å². The number of aliphatic hydroxyl groups excluding tert-OH is 1. The molecule has 1 aliphatic rings. The van der Waals surface area contributed by atoms with Crippen molar-refractivity contribution < 1.29 is 19.8 Å². The Morgan fingerprint density at radius 2 is 2.25 bits per heavy atom. The van der Waals surface area contributed by atoms with Crippen molar-refractivity contribution in [1.82, 2.24) is 10.2 Å². The van der Waals surface area contributed by atoms with Crippen LogP contribution in [0.1, 0.15) is 6.42 Å². The van der Waals surface area contributed by atoms with Crippen LogP contribution in [-0.2, 0) is 9.59 Å². The number of carboxylic acid groups (broad SMARTS) is 1. The third-order valence-corrected chi connectivity index (χ3v) is 2.39. The van der Waals surface area contributed by atoms with Gasteiger partial charge in [0.2, 0.25) is 5.91 Å². The Bertz CT molecular complexity index is 323. The Morgan fingerprint density at radius 3 is 2.81 bits per heavy atom. The highest BCUT2D eigenvalue weighted by molar-refractivity contribution is 5.85. The van der Waals surface area contributed by atoms with E-state index in [1.54, 1.807) is 0 Å². The third-order valence-electron chi connectivity index (χ3n) is 2.39. The third kappa shape index (κ3) is 2.95. The number of aliphatic hydroxyl groups is 1. The lowest BCUT2D eigenvalue weighted by atomic mass is 10.2. The van der Waals surface area contributed by atoms with Gasteiger partial charge in [0.05, 0.1) is 19.2 Å². The maximum Gasteiger partial charge on any atom is 0.326 e. The van der Waals surface area contributed by atoms with Crippen molar-refractivity contribution in [3.63, 3.8) is 0 Å². The molecular formula is C10H14N2O4. The average molecular weight is 226 g/mol. The zero-order valence-electron chi connectivity index (χ0n) is 8.72. The molecule has 1 rings (SSSR count). The van der Waals surface area contributed by atoms with Crippen LogP contribution in [0.2, 0.25) is 0 Å². The monoisotopic (exact) mass is 226 g/mol. The van der Waals surface area contributed by atoms with Gasteiger partial charge in [-0.25, -0.2) is 4.79 Å². The molecule has 16 heavy (non-hydrogen) atoms. The maximum atomic E-state index is 11.6. The summed E-state index contributed by atoms with van der Waals surface area (Å²) in [6, 6.07) is -0.935. The van der Waals surface area contributed by atoms with E-state index >= 15 is 0 Å². The Balaban J connectivity index is 2.54. The second-order valence-electron chi connectivity index (χ2n) is 3.60. The van der Waals surface area contributed by atoms with Crippen molar-refractivity contribution in [2.24, 2.45) is 0 Å². The van der Waals surface area contributed by atoms with Crippen LogP contribution < -0.4 is 5.32 Å². The van der Waals surface area contributed by atoms with Gasteiger partial charge in [0.25, 0.3) is 0 Å². The molecule has 2 atom stereocenters. The Labute approximate surface area is 93.2 Å². The molecule has 0 bridgehead atoms. The molecule has 0 spiro atoms. The molecule has 1 aliphatic heterocycles. The first-order valence-corrected chi connectivity index (χ1v) is 4.90. The van der Waals surface area contributed by atoms with E-state index in [0.29, 0.717) is 0 Å². The van der Waals surface area contributed by atoms with E-state index in [1.807, 2.05) is 0 Å². The van der Waals surface area contributed by atoms with E-state index < -0.39 is 18.1 Å². The van der Waals surface area contributed by atoms with Gasteiger partial charge in [-0.05, 0) is 0 Å². The second kappa shape index (κ2) is 5.49.